The number of carbonyl (C=O) groups is 1. The predicted octanol–water partition coefficient (Wildman–Crippen LogP) is 5.70. The molecule has 31 heavy (non-hydrogen) atoms. The van der Waals surface area contributed by atoms with Gasteiger partial charge in [-0.15, -0.1) is 0 Å². The number of benzene rings is 2. The van der Waals surface area contributed by atoms with E-state index in [1.54, 1.807) is 29.4 Å². The van der Waals surface area contributed by atoms with Crippen molar-refractivity contribution in [3.63, 3.8) is 0 Å². The zero-order valence-corrected chi connectivity index (χ0v) is 17.9. The molecule has 1 amide bonds. The molecule has 1 aliphatic heterocycles. The molecule has 0 atom stereocenters. The summed E-state index contributed by atoms with van der Waals surface area (Å²) in [4.78, 5) is 18.9. The molecule has 0 saturated carbocycles. The minimum Gasteiger partial charge on any atom is -0.315 e. The van der Waals surface area contributed by atoms with E-state index in [2.05, 4.69) is 18.0 Å². The summed E-state index contributed by atoms with van der Waals surface area (Å²) < 4.78 is 15.3. The highest BCUT2D eigenvalue weighted by molar-refractivity contribution is 5.93. The minimum atomic E-state index is -0.252. The lowest BCUT2D eigenvalue weighted by Crippen LogP contribution is -2.24. The fraction of sp³-hybridized carbons (Fsp3) is 0.231. The van der Waals surface area contributed by atoms with Crippen molar-refractivity contribution in [1.29, 1.82) is 0 Å². The van der Waals surface area contributed by atoms with Crippen molar-refractivity contribution in [3.8, 4) is 5.69 Å². The van der Waals surface area contributed by atoms with Gasteiger partial charge in [0.25, 0.3) is 5.91 Å². The first-order chi connectivity index (χ1) is 15.0. The standard InChI is InChI=1S/C26H26FN3O/c1-19-15-21(6-12-25(19)30-16-20(2)28-18-30)7-13-26(31)29-14-4-3-5-23(17-29)22-8-10-24(27)11-9-22/h6-13,15-18H,3-5,14H2,1-2H3/b13-7+. The molecule has 1 aromatic heterocycles. The second kappa shape index (κ2) is 9.13. The lowest BCUT2D eigenvalue weighted by atomic mass is 10.0. The fourth-order valence-corrected chi connectivity index (χ4v) is 3.86. The Morgan fingerprint density at radius 3 is 2.61 bits per heavy atom. The molecule has 0 spiro atoms. The van der Waals surface area contributed by atoms with Crippen LogP contribution in [0.25, 0.3) is 17.3 Å². The van der Waals surface area contributed by atoms with Crippen LogP contribution in [-0.4, -0.2) is 26.9 Å². The first kappa shape index (κ1) is 20.8. The summed E-state index contributed by atoms with van der Waals surface area (Å²) in [5, 5.41) is 0. The van der Waals surface area contributed by atoms with E-state index < -0.39 is 0 Å². The smallest absolute Gasteiger partial charge is 0.250 e. The topological polar surface area (TPSA) is 38.1 Å². The second-order valence-electron chi connectivity index (χ2n) is 7.95. The van der Waals surface area contributed by atoms with Gasteiger partial charge in [0.2, 0.25) is 0 Å². The SMILES string of the molecule is Cc1cn(-c2ccc(/C=C/C(=O)N3C=C(c4ccc(F)cc4)CCCC3)cc2C)cn1. The average Bonchev–Trinajstić information content (AvgIpc) is 3.04. The number of amides is 1. The third-order valence-corrected chi connectivity index (χ3v) is 5.53. The van der Waals surface area contributed by atoms with Crippen molar-refractivity contribution in [1.82, 2.24) is 14.5 Å². The third-order valence-electron chi connectivity index (χ3n) is 5.53. The first-order valence-corrected chi connectivity index (χ1v) is 10.6. The van der Waals surface area contributed by atoms with E-state index in [9.17, 15) is 9.18 Å². The molecule has 0 fully saturated rings. The largest absolute Gasteiger partial charge is 0.315 e. The van der Waals surface area contributed by atoms with Crippen LogP contribution in [0.2, 0.25) is 0 Å². The van der Waals surface area contributed by atoms with E-state index >= 15 is 0 Å². The van der Waals surface area contributed by atoms with Crippen LogP contribution in [0.4, 0.5) is 4.39 Å². The van der Waals surface area contributed by atoms with Crippen LogP contribution in [0.3, 0.4) is 0 Å². The fourth-order valence-electron chi connectivity index (χ4n) is 3.86. The quantitative estimate of drug-likeness (QED) is 0.513. The first-order valence-electron chi connectivity index (χ1n) is 10.6. The summed E-state index contributed by atoms with van der Waals surface area (Å²) in [7, 11) is 0. The number of rotatable bonds is 4. The maximum absolute atomic E-state index is 13.3. The van der Waals surface area contributed by atoms with Crippen LogP contribution in [0.1, 0.15) is 41.6 Å². The van der Waals surface area contributed by atoms with E-state index in [4.69, 9.17) is 0 Å². The third kappa shape index (κ3) is 5.00. The molecular weight excluding hydrogens is 389 g/mol. The maximum atomic E-state index is 13.3. The van der Waals surface area contributed by atoms with Crippen LogP contribution in [-0.2, 0) is 4.79 Å². The van der Waals surface area contributed by atoms with E-state index in [-0.39, 0.29) is 11.7 Å². The Balaban J connectivity index is 1.50. The van der Waals surface area contributed by atoms with Gasteiger partial charge >= 0.3 is 0 Å². The molecule has 0 N–H and O–H groups in total. The Morgan fingerprint density at radius 2 is 1.90 bits per heavy atom. The molecule has 5 heteroatoms. The minimum absolute atomic E-state index is 0.0477. The molecule has 0 radical (unpaired) electrons. The van der Waals surface area contributed by atoms with Gasteiger partial charge in [-0.05, 0) is 85.7 Å². The Hall–Kier alpha value is -3.47. The lowest BCUT2D eigenvalue weighted by molar-refractivity contribution is -0.123. The van der Waals surface area contributed by atoms with E-state index in [0.29, 0.717) is 6.54 Å². The summed E-state index contributed by atoms with van der Waals surface area (Å²) in [6.07, 6.45) is 12.0. The van der Waals surface area contributed by atoms with Crippen LogP contribution in [0.5, 0.6) is 0 Å². The number of allylic oxidation sites excluding steroid dienone is 1. The monoisotopic (exact) mass is 415 g/mol. The van der Waals surface area contributed by atoms with Gasteiger partial charge in [-0.2, -0.15) is 0 Å². The normalized spacial score (nSPS) is 14.5. The van der Waals surface area contributed by atoms with Crippen molar-refractivity contribution in [3.05, 3.63) is 95.5 Å². The Morgan fingerprint density at radius 1 is 1.10 bits per heavy atom. The highest BCUT2D eigenvalue weighted by atomic mass is 19.1. The molecular formula is C26H26FN3O. The van der Waals surface area contributed by atoms with Gasteiger partial charge < -0.3 is 9.47 Å². The Bertz CT molecular complexity index is 1140. The number of nitrogens with zero attached hydrogens (tertiary/aromatic N) is 3. The molecule has 0 unspecified atom stereocenters. The zero-order chi connectivity index (χ0) is 21.8. The Kier molecular flexibility index (Phi) is 6.12. The average molecular weight is 416 g/mol. The maximum Gasteiger partial charge on any atom is 0.250 e. The number of imidazole rings is 1. The molecule has 3 aromatic rings. The summed E-state index contributed by atoms with van der Waals surface area (Å²) >= 11 is 0. The number of hydrogen-bond acceptors (Lipinski definition) is 2. The molecule has 158 valence electrons. The summed E-state index contributed by atoms with van der Waals surface area (Å²) in [5.74, 6) is -0.299. The van der Waals surface area contributed by atoms with Gasteiger partial charge in [0.05, 0.1) is 12.0 Å². The summed E-state index contributed by atoms with van der Waals surface area (Å²) in [6, 6.07) is 12.6. The summed E-state index contributed by atoms with van der Waals surface area (Å²) in [6.45, 7) is 4.70. The van der Waals surface area contributed by atoms with Crippen molar-refractivity contribution in [2.24, 2.45) is 0 Å². The highest BCUT2D eigenvalue weighted by Gasteiger charge is 2.14. The predicted molar refractivity (Wildman–Crippen MR) is 122 cm³/mol. The number of halogens is 1. The van der Waals surface area contributed by atoms with E-state index in [1.165, 1.54) is 12.1 Å². The van der Waals surface area contributed by atoms with Gasteiger partial charge in [-0.25, -0.2) is 9.37 Å². The Labute approximate surface area is 182 Å². The number of aryl methyl sites for hydroxylation is 2. The molecule has 4 rings (SSSR count). The van der Waals surface area contributed by atoms with Crippen LogP contribution in [0.15, 0.2) is 67.3 Å². The van der Waals surface area contributed by atoms with E-state index in [1.807, 2.05) is 42.1 Å². The lowest BCUT2D eigenvalue weighted by Gasteiger charge is -2.16. The number of carbonyl (C=O) groups excluding carboxylic acids is 1. The molecule has 2 aromatic carbocycles. The van der Waals surface area contributed by atoms with Crippen LogP contribution in [0, 0.1) is 19.7 Å². The van der Waals surface area contributed by atoms with Crippen molar-refractivity contribution < 1.29 is 9.18 Å². The molecule has 0 bridgehead atoms. The molecule has 0 saturated heterocycles. The highest BCUT2D eigenvalue weighted by Crippen LogP contribution is 2.25. The molecule has 0 aliphatic carbocycles. The van der Waals surface area contributed by atoms with Gasteiger partial charge in [-0.3, -0.25) is 4.79 Å². The van der Waals surface area contributed by atoms with Crippen LogP contribution >= 0.6 is 0 Å². The van der Waals surface area contributed by atoms with Gasteiger partial charge in [0.1, 0.15) is 5.82 Å². The molecule has 4 nitrogen and oxygen atoms in total. The molecule has 1 aliphatic rings. The van der Waals surface area contributed by atoms with Gasteiger partial charge in [-0.1, -0.05) is 18.2 Å². The van der Waals surface area contributed by atoms with E-state index in [0.717, 1.165) is 52.9 Å². The second-order valence-corrected chi connectivity index (χ2v) is 7.95. The number of aromatic nitrogens is 2. The van der Waals surface area contributed by atoms with Crippen molar-refractivity contribution >= 4 is 17.6 Å². The van der Waals surface area contributed by atoms with Gasteiger partial charge in [0, 0.05) is 30.7 Å². The summed E-state index contributed by atoms with van der Waals surface area (Å²) in [5.41, 5.74) is 6.16. The van der Waals surface area contributed by atoms with Gasteiger partial charge in [0.15, 0.2) is 0 Å². The molecule has 2 heterocycles. The van der Waals surface area contributed by atoms with Crippen LogP contribution < -0.4 is 0 Å². The van der Waals surface area contributed by atoms with Crippen molar-refractivity contribution in [2.45, 2.75) is 33.1 Å². The number of hydrogen-bond donors (Lipinski definition) is 0. The van der Waals surface area contributed by atoms with Crippen molar-refractivity contribution in [2.75, 3.05) is 6.54 Å². The zero-order valence-electron chi connectivity index (χ0n) is 17.9.